The average molecular weight is 501 g/mol. The van der Waals surface area contributed by atoms with Crippen molar-refractivity contribution >= 4 is 28.9 Å². The normalized spacial score (nSPS) is 17.1. The van der Waals surface area contributed by atoms with Gasteiger partial charge in [-0.05, 0) is 72.4 Å². The Kier molecular flexibility index (Phi) is 6.99. The van der Waals surface area contributed by atoms with Gasteiger partial charge in [0.25, 0.3) is 0 Å². The number of hydrogen-bond acceptors (Lipinski definition) is 4. The van der Waals surface area contributed by atoms with E-state index in [-0.39, 0.29) is 30.2 Å². The Morgan fingerprint density at radius 3 is 2.67 bits per heavy atom. The molecule has 1 aliphatic heterocycles. The van der Waals surface area contributed by atoms with Crippen molar-refractivity contribution in [1.29, 1.82) is 0 Å². The Bertz CT molecular complexity index is 1330. The van der Waals surface area contributed by atoms with E-state index in [2.05, 4.69) is 31.2 Å². The Balaban J connectivity index is 1.39. The van der Waals surface area contributed by atoms with Gasteiger partial charge in [-0.15, -0.1) is 0 Å². The van der Waals surface area contributed by atoms with Gasteiger partial charge < -0.3 is 20.1 Å². The summed E-state index contributed by atoms with van der Waals surface area (Å²) in [5, 5.41) is 6.82. The van der Waals surface area contributed by atoms with Crippen molar-refractivity contribution in [2.45, 2.75) is 25.0 Å². The summed E-state index contributed by atoms with van der Waals surface area (Å²) < 4.78 is 15.4. The van der Waals surface area contributed by atoms with Gasteiger partial charge in [0.1, 0.15) is 5.82 Å². The molecule has 0 radical (unpaired) electrons. The quantitative estimate of drug-likeness (QED) is 0.348. The topological polar surface area (TPSA) is 75.1 Å². The molecule has 2 N–H and O–H groups in total. The van der Waals surface area contributed by atoms with Crippen LogP contribution in [-0.2, 0) is 11.3 Å². The second kappa shape index (κ2) is 10.7. The van der Waals surface area contributed by atoms with Crippen molar-refractivity contribution in [3.8, 4) is 0 Å². The molecule has 2 atom stereocenters. The number of hydrogen-bond donors (Lipinski definition) is 2. The van der Waals surface area contributed by atoms with Gasteiger partial charge in [0.05, 0.1) is 17.8 Å². The molecular weight excluding hydrogens is 475 g/mol. The van der Waals surface area contributed by atoms with E-state index in [0.717, 1.165) is 17.0 Å². The molecule has 9 heteroatoms. The highest BCUT2D eigenvalue weighted by molar-refractivity contribution is 7.80. The molecule has 1 saturated heterocycles. The molecule has 1 aliphatic rings. The number of thiocarbonyl (C=S) groups is 1. The van der Waals surface area contributed by atoms with Crippen LogP contribution in [0.1, 0.15) is 35.5 Å². The molecule has 1 aromatic carbocycles. The van der Waals surface area contributed by atoms with Crippen molar-refractivity contribution < 1.29 is 9.18 Å². The van der Waals surface area contributed by atoms with Crippen LogP contribution in [0.4, 0.5) is 10.1 Å². The van der Waals surface area contributed by atoms with E-state index in [9.17, 15) is 9.18 Å². The second-order valence-corrected chi connectivity index (χ2v) is 8.93. The fourth-order valence-electron chi connectivity index (χ4n) is 4.47. The van der Waals surface area contributed by atoms with Gasteiger partial charge in [-0.3, -0.25) is 14.8 Å². The van der Waals surface area contributed by atoms with Crippen molar-refractivity contribution in [3.05, 3.63) is 114 Å². The molecule has 1 amide bonds. The molecule has 0 spiro atoms. The number of aromatic nitrogens is 3. The fourth-order valence-corrected chi connectivity index (χ4v) is 4.81. The predicted octanol–water partition coefficient (Wildman–Crippen LogP) is 4.47. The maximum Gasteiger partial charge on any atom is 0.226 e. The molecule has 3 aromatic heterocycles. The van der Waals surface area contributed by atoms with Crippen molar-refractivity contribution in [3.63, 3.8) is 0 Å². The number of anilines is 1. The SMILES string of the molecule is O=C(CCN1C(=S)N[C@@H](c2ccccn2)[C@@H]1c1cccn1Cc1cccnc1)Nc1ccc(F)cc1. The fraction of sp³-hybridized carbons (Fsp3) is 0.185. The minimum Gasteiger partial charge on any atom is -0.352 e. The monoisotopic (exact) mass is 500 g/mol. The molecular formula is C27H25FN6OS. The van der Waals surface area contributed by atoms with E-state index < -0.39 is 0 Å². The van der Waals surface area contributed by atoms with Crippen LogP contribution in [-0.4, -0.2) is 37.0 Å². The molecule has 0 unspecified atom stereocenters. The highest BCUT2D eigenvalue weighted by Gasteiger charge is 2.41. The summed E-state index contributed by atoms with van der Waals surface area (Å²) in [6.07, 6.45) is 7.64. The van der Waals surface area contributed by atoms with Gasteiger partial charge in [0.15, 0.2) is 5.11 Å². The summed E-state index contributed by atoms with van der Waals surface area (Å²) in [4.78, 5) is 23.6. The number of carbonyl (C=O) groups excluding carboxylic acids is 1. The van der Waals surface area contributed by atoms with Crippen molar-refractivity contribution in [1.82, 2.24) is 24.8 Å². The van der Waals surface area contributed by atoms with E-state index >= 15 is 0 Å². The zero-order valence-corrected chi connectivity index (χ0v) is 20.2. The third kappa shape index (κ3) is 5.26. The number of nitrogens with one attached hydrogen (secondary N) is 2. The minimum atomic E-state index is -0.348. The van der Waals surface area contributed by atoms with Gasteiger partial charge in [0, 0.05) is 55.7 Å². The summed E-state index contributed by atoms with van der Waals surface area (Å²) in [5.41, 5.74) is 3.57. The van der Waals surface area contributed by atoms with E-state index in [1.807, 2.05) is 53.7 Å². The zero-order valence-electron chi connectivity index (χ0n) is 19.4. The second-order valence-electron chi connectivity index (χ2n) is 8.55. The largest absolute Gasteiger partial charge is 0.352 e. The lowest BCUT2D eigenvalue weighted by Crippen LogP contribution is -2.33. The van der Waals surface area contributed by atoms with Gasteiger partial charge in [0.2, 0.25) is 5.91 Å². The third-order valence-corrected chi connectivity index (χ3v) is 6.50. The van der Waals surface area contributed by atoms with Crippen LogP contribution < -0.4 is 10.6 Å². The summed E-state index contributed by atoms with van der Waals surface area (Å²) in [6.45, 7) is 1.07. The maximum atomic E-state index is 13.2. The molecule has 1 fully saturated rings. The van der Waals surface area contributed by atoms with E-state index in [0.29, 0.717) is 23.9 Å². The smallest absolute Gasteiger partial charge is 0.226 e. The Morgan fingerprint density at radius 2 is 1.92 bits per heavy atom. The molecule has 4 aromatic rings. The van der Waals surface area contributed by atoms with Gasteiger partial charge >= 0.3 is 0 Å². The lowest BCUT2D eigenvalue weighted by molar-refractivity contribution is -0.116. The summed E-state index contributed by atoms with van der Waals surface area (Å²) in [7, 11) is 0. The summed E-state index contributed by atoms with van der Waals surface area (Å²) >= 11 is 5.73. The Morgan fingerprint density at radius 1 is 1.06 bits per heavy atom. The predicted molar refractivity (Wildman–Crippen MR) is 140 cm³/mol. The van der Waals surface area contributed by atoms with Gasteiger partial charge in [-0.2, -0.15) is 0 Å². The molecule has 7 nitrogen and oxygen atoms in total. The molecule has 5 rings (SSSR count). The van der Waals surface area contributed by atoms with Crippen molar-refractivity contribution in [2.24, 2.45) is 0 Å². The van der Waals surface area contributed by atoms with Crippen LogP contribution in [0, 0.1) is 5.82 Å². The van der Waals surface area contributed by atoms with Crippen LogP contribution in [0.25, 0.3) is 0 Å². The van der Waals surface area contributed by atoms with Crippen LogP contribution in [0.3, 0.4) is 0 Å². The first-order chi connectivity index (χ1) is 17.6. The minimum absolute atomic E-state index is 0.169. The first kappa shape index (κ1) is 23.6. The van der Waals surface area contributed by atoms with Gasteiger partial charge in [-0.25, -0.2) is 4.39 Å². The van der Waals surface area contributed by atoms with Crippen LogP contribution >= 0.6 is 12.2 Å². The summed E-state index contributed by atoms with van der Waals surface area (Å²) in [5.74, 6) is -0.519. The highest BCUT2D eigenvalue weighted by Crippen LogP contribution is 2.39. The molecule has 0 bridgehead atoms. The number of benzene rings is 1. The standard InChI is InChI=1S/C27H25FN6OS/c28-20-8-10-21(11-9-20)31-24(35)12-16-34-26(25(32-27(34)36)22-6-1-2-14-30-22)23-7-4-15-33(23)18-19-5-3-13-29-17-19/h1-11,13-15,17,25-26H,12,16,18H2,(H,31,35)(H,32,36)/t25-,26-/m0/s1. The molecule has 0 aliphatic carbocycles. The first-order valence-electron chi connectivity index (χ1n) is 11.7. The van der Waals surface area contributed by atoms with E-state index in [1.165, 1.54) is 12.1 Å². The number of nitrogens with zero attached hydrogens (tertiary/aromatic N) is 4. The molecule has 4 heterocycles. The van der Waals surface area contributed by atoms with Crippen LogP contribution in [0.5, 0.6) is 0 Å². The zero-order chi connectivity index (χ0) is 24.9. The van der Waals surface area contributed by atoms with Crippen LogP contribution in [0.15, 0.2) is 91.5 Å². The lowest BCUT2D eigenvalue weighted by Gasteiger charge is -2.29. The third-order valence-electron chi connectivity index (χ3n) is 6.15. The number of amides is 1. The lowest BCUT2D eigenvalue weighted by atomic mass is 10.0. The number of rotatable bonds is 8. The Labute approximate surface area is 214 Å². The summed E-state index contributed by atoms with van der Waals surface area (Å²) in [6, 6.07) is 19.3. The Hall–Kier alpha value is -4.11. The van der Waals surface area contributed by atoms with E-state index in [1.54, 1.807) is 24.5 Å². The number of halogens is 1. The molecule has 182 valence electrons. The maximum absolute atomic E-state index is 13.2. The molecule has 36 heavy (non-hydrogen) atoms. The van der Waals surface area contributed by atoms with E-state index in [4.69, 9.17) is 12.2 Å². The first-order valence-corrected chi connectivity index (χ1v) is 12.1. The number of carbonyl (C=O) groups is 1. The molecule has 0 saturated carbocycles. The van der Waals surface area contributed by atoms with Gasteiger partial charge in [-0.1, -0.05) is 12.1 Å². The average Bonchev–Trinajstić information content (AvgIpc) is 3.48. The van der Waals surface area contributed by atoms with Crippen LogP contribution in [0.2, 0.25) is 0 Å². The van der Waals surface area contributed by atoms with Crippen molar-refractivity contribution in [2.75, 3.05) is 11.9 Å². The number of pyridine rings is 2. The highest BCUT2D eigenvalue weighted by atomic mass is 32.1.